The predicted octanol–water partition coefficient (Wildman–Crippen LogP) is 3.76. The third-order valence-electron chi connectivity index (χ3n) is 3.84. The van der Waals surface area contributed by atoms with E-state index < -0.39 is 11.9 Å². The van der Waals surface area contributed by atoms with Crippen molar-refractivity contribution in [3.63, 3.8) is 0 Å². The molecule has 2 aromatic rings. The van der Waals surface area contributed by atoms with Crippen LogP contribution in [0.3, 0.4) is 0 Å². The van der Waals surface area contributed by atoms with Crippen molar-refractivity contribution in [2.24, 2.45) is 0 Å². The van der Waals surface area contributed by atoms with Crippen LogP contribution in [-0.2, 0) is 27.2 Å². The van der Waals surface area contributed by atoms with Crippen LogP contribution >= 0.6 is 22.7 Å². The van der Waals surface area contributed by atoms with E-state index in [2.05, 4.69) is 11.4 Å². The molecule has 0 saturated heterocycles. The van der Waals surface area contributed by atoms with Crippen LogP contribution in [0.4, 0.5) is 5.00 Å². The van der Waals surface area contributed by atoms with Crippen molar-refractivity contribution in [1.82, 2.24) is 0 Å². The average molecular weight is 372 g/mol. The van der Waals surface area contributed by atoms with Gasteiger partial charge in [0.05, 0.1) is 5.56 Å². The third kappa shape index (κ3) is 4.35. The number of ether oxygens (including phenoxy) is 1. The van der Waals surface area contributed by atoms with Crippen molar-refractivity contribution in [2.45, 2.75) is 25.7 Å². The molecule has 2 aromatic heterocycles. The molecule has 0 aliphatic heterocycles. The summed E-state index contributed by atoms with van der Waals surface area (Å²) in [5.74, 6) is -1.01. The van der Waals surface area contributed by atoms with E-state index in [-0.39, 0.29) is 6.61 Å². The highest BCUT2D eigenvalue weighted by Crippen LogP contribution is 2.37. The van der Waals surface area contributed by atoms with E-state index in [4.69, 9.17) is 4.74 Å². The van der Waals surface area contributed by atoms with E-state index in [1.807, 2.05) is 16.8 Å². The van der Waals surface area contributed by atoms with Crippen LogP contribution in [0, 0.1) is 11.3 Å². The van der Waals surface area contributed by atoms with Crippen molar-refractivity contribution in [3.8, 4) is 6.07 Å². The van der Waals surface area contributed by atoms with Crippen molar-refractivity contribution in [2.75, 3.05) is 11.9 Å². The van der Waals surface area contributed by atoms with Crippen molar-refractivity contribution in [1.29, 1.82) is 5.26 Å². The number of thiophene rings is 2. The molecule has 1 amide bonds. The van der Waals surface area contributed by atoms with E-state index >= 15 is 0 Å². The zero-order valence-corrected chi connectivity index (χ0v) is 15.0. The maximum absolute atomic E-state index is 12.0. The summed E-state index contributed by atoms with van der Waals surface area (Å²) in [4.78, 5) is 24.8. The Hall–Kier alpha value is -2.43. The molecule has 1 aliphatic rings. The Kier molecular flexibility index (Phi) is 5.64. The number of amides is 1. The second kappa shape index (κ2) is 8.10. The molecule has 2 heterocycles. The SMILES string of the molecule is N#Cc1c(NC(=O)COC(=O)/C=C/c2ccsc2)sc2c1CCCC2. The molecule has 3 rings (SSSR count). The van der Waals surface area contributed by atoms with Crippen LogP contribution in [0.15, 0.2) is 22.9 Å². The van der Waals surface area contributed by atoms with Gasteiger partial charge in [-0.2, -0.15) is 16.6 Å². The highest BCUT2D eigenvalue weighted by molar-refractivity contribution is 7.16. The standard InChI is InChI=1S/C18H16N2O3S2/c19-9-14-13-3-1-2-4-15(13)25-18(14)20-16(21)10-23-17(22)6-5-12-7-8-24-11-12/h5-8,11H,1-4,10H2,(H,20,21)/b6-5+. The third-order valence-corrected chi connectivity index (χ3v) is 5.75. The summed E-state index contributed by atoms with van der Waals surface area (Å²) in [5, 5.41) is 16.4. The summed E-state index contributed by atoms with van der Waals surface area (Å²) < 4.78 is 4.94. The van der Waals surface area contributed by atoms with Gasteiger partial charge in [0.15, 0.2) is 6.61 Å². The number of nitriles is 1. The van der Waals surface area contributed by atoms with Crippen LogP contribution in [0.2, 0.25) is 0 Å². The van der Waals surface area contributed by atoms with Gasteiger partial charge in [0, 0.05) is 11.0 Å². The molecule has 0 saturated carbocycles. The molecule has 0 atom stereocenters. The minimum atomic E-state index is -0.577. The molecular weight excluding hydrogens is 356 g/mol. The highest BCUT2D eigenvalue weighted by Gasteiger charge is 2.21. The Labute approximate surface area is 153 Å². The number of fused-ring (bicyclic) bond motifs is 1. The number of esters is 1. The van der Waals surface area contributed by atoms with E-state index in [0.29, 0.717) is 10.6 Å². The van der Waals surface area contributed by atoms with Gasteiger partial charge in [0.25, 0.3) is 5.91 Å². The quantitative estimate of drug-likeness (QED) is 0.640. The Morgan fingerprint density at radius 3 is 2.96 bits per heavy atom. The molecule has 1 N–H and O–H groups in total. The van der Waals surface area contributed by atoms with E-state index in [1.165, 1.54) is 33.6 Å². The summed E-state index contributed by atoms with van der Waals surface area (Å²) in [6.45, 7) is -0.375. The molecule has 1 aliphatic carbocycles. The summed E-state index contributed by atoms with van der Waals surface area (Å²) in [6, 6.07) is 4.07. The number of anilines is 1. The molecule has 0 unspecified atom stereocenters. The second-order valence-electron chi connectivity index (χ2n) is 5.57. The first-order valence-electron chi connectivity index (χ1n) is 7.89. The number of hydrogen-bond acceptors (Lipinski definition) is 6. The minimum Gasteiger partial charge on any atom is -0.452 e. The lowest BCUT2D eigenvalue weighted by molar-refractivity contribution is -0.142. The van der Waals surface area contributed by atoms with Crippen molar-refractivity contribution >= 4 is 45.6 Å². The minimum absolute atomic E-state index is 0.375. The van der Waals surface area contributed by atoms with Gasteiger partial charge in [-0.15, -0.1) is 11.3 Å². The number of carbonyl (C=O) groups excluding carboxylic acids is 2. The van der Waals surface area contributed by atoms with Gasteiger partial charge in [0.2, 0.25) is 0 Å². The van der Waals surface area contributed by atoms with Gasteiger partial charge in [0.1, 0.15) is 11.1 Å². The molecule has 128 valence electrons. The predicted molar refractivity (Wildman–Crippen MR) is 98.6 cm³/mol. The molecular formula is C18H16N2O3S2. The zero-order chi connectivity index (χ0) is 17.6. The number of rotatable bonds is 5. The fraction of sp³-hybridized carbons (Fsp3) is 0.278. The molecule has 0 fully saturated rings. The van der Waals surface area contributed by atoms with Crippen LogP contribution in [0.25, 0.3) is 6.08 Å². The lowest BCUT2D eigenvalue weighted by atomic mass is 9.96. The van der Waals surface area contributed by atoms with E-state index in [1.54, 1.807) is 6.08 Å². The average Bonchev–Trinajstić information content (AvgIpc) is 3.25. The zero-order valence-electron chi connectivity index (χ0n) is 13.4. The lowest BCUT2D eigenvalue weighted by Crippen LogP contribution is -2.20. The smallest absolute Gasteiger partial charge is 0.331 e. The van der Waals surface area contributed by atoms with Gasteiger partial charge >= 0.3 is 5.97 Å². The summed E-state index contributed by atoms with van der Waals surface area (Å²) in [6.07, 6.45) is 6.94. The van der Waals surface area contributed by atoms with E-state index in [0.717, 1.165) is 36.8 Å². The first-order valence-corrected chi connectivity index (χ1v) is 9.65. The normalized spacial score (nSPS) is 13.2. The largest absolute Gasteiger partial charge is 0.452 e. The molecule has 5 nitrogen and oxygen atoms in total. The molecule has 25 heavy (non-hydrogen) atoms. The first kappa shape index (κ1) is 17.4. The molecule has 7 heteroatoms. The fourth-order valence-corrected chi connectivity index (χ4v) is 4.54. The van der Waals surface area contributed by atoms with E-state index in [9.17, 15) is 14.9 Å². The van der Waals surface area contributed by atoms with Crippen molar-refractivity contribution < 1.29 is 14.3 Å². The van der Waals surface area contributed by atoms with Gasteiger partial charge in [-0.25, -0.2) is 4.79 Å². The van der Waals surface area contributed by atoms with Crippen LogP contribution < -0.4 is 5.32 Å². The van der Waals surface area contributed by atoms with Crippen LogP contribution in [0.5, 0.6) is 0 Å². The van der Waals surface area contributed by atoms with Gasteiger partial charge < -0.3 is 10.1 Å². The highest BCUT2D eigenvalue weighted by atomic mass is 32.1. The molecule has 0 radical (unpaired) electrons. The molecule has 0 spiro atoms. The topological polar surface area (TPSA) is 79.2 Å². The number of nitrogens with one attached hydrogen (secondary N) is 1. The lowest BCUT2D eigenvalue weighted by Gasteiger charge is -2.09. The number of hydrogen-bond donors (Lipinski definition) is 1. The monoisotopic (exact) mass is 372 g/mol. The van der Waals surface area contributed by atoms with Gasteiger partial charge in [-0.05, 0) is 59.7 Å². The Morgan fingerprint density at radius 1 is 1.36 bits per heavy atom. The van der Waals surface area contributed by atoms with Crippen LogP contribution in [-0.4, -0.2) is 18.5 Å². The first-order chi connectivity index (χ1) is 12.2. The molecule has 0 aromatic carbocycles. The molecule has 0 bridgehead atoms. The van der Waals surface area contributed by atoms with Crippen LogP contribution in [0.1, 0.15) is 34.4 Å². The maximum Gasteiger partial charge on any atom is 0.331 e. The second-order valence-corrected chi connectivity index (χ2v) is 7.46. The van der Waals surface area contributed by atoms with Gasteiger partial charge in [-0.3, -0.25) is 4.79 Å². The Bertz CT molecular complexity index is 845. The summed E-state index contributed by atoms with van der Waals surface area (Å²) in [5.41, 5.74) is 2.52. The van der Waals surface area contributed by atoms with Gasteiger partial charge in [-0.1, -0.05) is 0 Å². The Balaban J connectivity index is 1.55. The summed E-state index contributed by atoms with van der Waals surface area (Å²) >= 11 is 2.98. The fourth-order valence-electron chi connectivity index (χ4n) is 2.65. The number of carbonyl (C=O) groups is 2. The Morgan fingerprint density at radius 2 is 2.20 bits per heavy atom. The number of aryl methyl sites for hydroxylation is 1. The number of nitrogens with zero attached hydrogens (tertiary/aromatic N) is 1. The van der Waals surface area contributed by atoms with Crippen molar-refractivity contribution in [3.05, 3.63) is 44.5 Å². The summed E-state index contributed by atoms with van der Waals surface area (Å²) in [7, 11) is 0. The maximum atomic E-state index is 12.0.